The average Bonchev–Trinajstić information content (AvgIpc) is 3.04. The molecule has 1 saturated heterocycles. The van der Waals surface area contributed by atoms with E-state index in [0.29, 0.717) is 24.5 Å². The number of ether oxygens (including phenoxy) is 1. The number of carbonyl (C=O) groups excluding carboxylic acids is 2. The van der Waals surface area contributed by atoms with Crippen molar-refractivity contribution in [1.82, 2.24) is 4.90 Å². The molecule has 1 aliphatic heterocycles. The molecule has 2 aromatic carbocycles. The van der Waals surface area contributed by atoms with Crippen LogP contribution in [0.25, 0.3) is 5.76 Å². The Balaban J connectivity index is 2.04. The van der Waals surface area contributed by atoms with Gasteiger partial charge in [0.25, 0.3) is 5.91 Å². The summed E-state index contributed by atoms with van der Waals surface area (Å²) in [5.41, 5.74) is 1.89. The second-order valence-corrected chi connectivity index (χ2v) is 9.93. The van der Waals surface area contributed by atoms with Gasteiger partial charge in [-0.05, 0) is 54.3 Å². The zero-order valence-electron chi connectivity index (χ0n) is 20.3. The largest absolute Gasteiger partial charge is 0.872 e. The molecule has 0 bridgehead atoms. The third-order valence-electron chi connectivity index (χ3n) is 5.98. The molecule has 0 saturated carbocycles. The van der Waals surface area contributed by atoms with Gasteiger partial charge in [-0.2, -0.15) is 0 Å². The summed E-state index contributed by atoms with van der Waals surface area (Å²) in [5, 5.41) is 13.7. The third-order valence-corrected chi connectivity index (χ3v) is 6.47. The van der Waals surface area contributed by atoms with Crippen LogP contribution < -0.4 is 14.7 Å². The van der Waals surface area contributed by atoms with Gasteiger partial charge in [0.2, 0.25) is 5.78 Å². The number of hydrogen-bond donors (Lipinski definition) is 1. The quantitative estimate of drug-likeness (QED) is 0.222. The first-order valence-corrected chi connectivity index (χ1v) is 12.6. The van der Waals surface area contributed by atoms with Gasteiger partial charge in [0.1, 0.15) is 5.75 Å². The van der Waals surface area contributed by atoms with Crippen molar-refractivity contribution in [3.05, 3.63) is 69.2 Å². The van der Waals surface area contributed by atoms with Gasteiger partial charge in [-0.15, -0.1) is 0 Å². The second kappa shape index (κ2) is 11.7. The minimum Gasteiger partial charge on any atom is -0.872 e. The Morgan fingerprint density at radius 1 is 1.15 bits per heavy atom. The predicted octanol–water partition coefficient (Wildman–Crippen LogP) is 2.70. The van der Waals surface area contributed by atoms with Crippen molar-refractivity contribution in [2.75, 3.05) is 33.8 Å². The molecule has 1 amide bonds. The van der Waals surface area contributed by atoms with E-state index in [-0.39, 0.29) is 5.57 Å². The highest BCUT2D eigenvalue weighted by molar-refractivity contribution is 9.10. The molecule has 0 spiro atoms. The van der Waals surface area contributed by atoms with E-state index >= 15 is 0 Å². The number of nitrogens with one attached hydrogen (secondary N) is 1. The third kappa shape index (κ3) is 5.88. The van der Waals surface area contributed by atoms with Gasteiger partial charge < -0.3 is 19.6 Å². The summed E-state index contributed by atoms with van der Waals surface area (Å²) >= 11 is 3.48. The van der Waals surface area contributed by atoms with Crippen molar-refractivity contribution < 1.29 is 24.3 Å². The molecule has 1 aliphatic rings. The van der Waals surface area contributed by atoms with Crippen LogP contribution >= 0.6 is 15.9 Å². The van der Waals surface area contributed by atoms with Crippen LogP contribution in [0, 0.1) is 6.92 Å². The number of aryl methyl sites for hydroxylation is 1. The van der Waals surface area contributed by atoms with Crippen LogP contribution in [0.5, 0.6) is 5.75 Å². The molecule has 7 heteroatoms. The number of amides is 1. The summed E-state index contributed by atoms with van der Waals surface area (Å²) in [6, 6.07) is 12.0. The first-order chi connectivity index (χ1) is 16.2. The second-order valence-electron chi connectivity index (χ2n) is 9.02. The maximum absolute atomic E-state index is 13.7. The SMILES string of the molecule is CCCCOc1ccc(C([O-])=C2C(=O)C(=O)N(CCC[NH+](C)C)C2c2cccc(Br)c2)c(C)c1. The minimum absolute atomic E-state index is 0.0167. The summed E-state index contributed by atoms with van der Waals surface area (Å²) in [5.74, 6) is -1.03. The molecule has 1 atom stereocenters. The molecule has 0 radical (unpaired) electrons. The highest BCUT2D eigenvalue weighted by Crippen LogP contribution is 2.40. The fourth-order valence-electron chi connectivity index (χ4n) is 4.19. The molecular weight excluding hydrogens is 496 g/mol. The van der Waals surface area contributed by atoms with Gasteiger partial charge in [0, 0.05) is 23.0 Å². The Labute approximate surface area is 210 Å². The van der Waals surface area contributed by atoms with Crippen LogP contribution in [0.15, 0.2) is 52.5 Å². The van der Waals surface area contributed by atoms with Crippen LogP contribution in [0.2, 0.25) is 0 Å². The van der Waals surface area contributed by atoms with Crippen LogP contribution in [0.3, 0.4) is 0 Å². The van der Waals surface area contributed by atoms with Crippen LogP contribution in [-0.2, 0) is 9.59 Å². The average molecular weight is 529 g/mol. The van der Waals surface area contributed by atoms with E-state index in [9.17, 15) is 14.7 Å². The van der Waals surface area contributed by atoms with Crippen LogP contribution in [0.1, 0.15) is 48.9 Å². The summed E-state index contributed by atoms with van der Waals surface area (Å²) < 4.78 is 6.58. The van der Waals surface area contributed by atoms with E-state index in [0.717, 1.165) is 41.4 Å². The number of carbonyl (C=O) groups is 2. The number of Topliss-reactive ketones (excluding diaryl/α,β-unsaturated/α-hetero) is 1. The molecule has 182 valence electrons. The number of benzene rings is 2. The summed E-state index contributed by atoms with van der Waals surface area (Å²) in [7, 11) is 4.09. The van der Waals surface area contributed by atoms with Gasteiger partial charge in [-0.25, -0.2) is 0 Å². The van der Waals surface area contributed by atoms with E-state index in [1.54, 1.807) is 17.0 Å². The van der Waals surface area contributed by atoms with Gasteiger partial charge in [0.15, 0.2) is 0 Å². The van der Waals surface area contributed by atoms with E-state index < -0.39 is 23.5 Å². The lowest BCUT2D eigenvalue weighted by Crippen LogP contribution is -3.05. The number of nitrogens with zero attached hydrogens (tertiary/aromatic N) is 1. The van der Waals surface area contributed by atoms with Gasteiger partial charge in [-0.3, -0.25) is 9.59 Å². The molecule has 2 aromatic rings. The number of ketones is 1. The molecule has 1 N–H and O–H groups in total. The standard InChI is InChI=1S/C27H33BrN2O4/c1-5-6-15-34-21-11-12-22(18(2)16-21)25(31)23-24(19-9-7-10-20(28)17-19)30(27(33)26(23)32)14-8-13-29(3)4/h7,9-12,16-17,24,31H,5-6,8,13-15H2,1-4H3. The zero-order valence-corrected chi connectivity index (χ0v) is 21.9. The highest BCUT2D eigenvalue weighted by Gasteiger charge is 2.44. The van der Waals surface area contributed by atoms with Gasteiger partial charge in [-0.1, -0.05) is 53.2 Å². The molecule has 6 nitrogen and oxygen atoms in total. The molecule has 1 unspecified atom stereocenters. The number of halogens is 1. The van der Waals surface area contributed by atoms with Crippen molar-refractivity contribution in [2.24, 2.45) is 0 Å². The Bertz CT molecular complexity index is 1080. The number of unbranched alkanes of at least 4 members (excludes halogenated alkanes) is 1. The molecular formula is C27H33BrN2O4. The normalized spacial score (nSPS) is 17.6. The monoisotopic (exact) mass is 528 g/mol. The first-order valence-electron chi connectivity index (χ1n) is 11.8. The smallest absolute Gasteiger partial charge is 0.295 e. The number of likely N-dealkylation sites (tertiary alicyclic amines) is 1. The van der Waals surface area contributed by atoms with Crippen molar-refractivity contribution in [3.8, 4) is 5.75 Å². The lowest BCUT2D eigenvalue weighted by molar-refractivity contribution is -0.858. The van der Waals surface area contributed by atoms with E-state index in [2.05, 4.69) is 22.9 Å². The number of rotatable bonds is 10. The van der Waals surface area contributed by atoms with Gasteiger partial charge >= 0.3 is 0 Å². The molecule has 1 fully saturated rings. The fourth-order valence-corrected chi connectivity index (χ4v) is 4.60. The van der Waals surface area contributed by atoms with Crippen molar-refractivity contribution >= 4 is 33.4 Å². The maximum Gasteiger partial charge on any atom is 0.295 e. The minimum atomic E-state index is -0.713. The Morgan fingerprint density at radius 2 is 1.91 bits per heavy atom. The summed E-state index contributed by atoms with van der Waals surface area (Å²) in [6.45, 7) is 5.80. The summed E-state index contributed by atoms with van der Waals surface area (Å²) in [4.78, 5) is 29.0. The van der Waals surface area contributed by atoms with Gasteiger partial charge in [0.05, 0.1) is 33.3 Å². The predicted molar refractivity (Wildman–Crippen MR) is 134 cm³/mol. The van der Waals surface area contributed by atoms with Crippen LogP contribution in [-0.4, -0.2) is 50.4 Å². The number of quaternary nitrogens is 1. The molecule has 0 aliphatic carbocycles. The molecule has 3 rings (SSSR count). The zero-order chi connectivity index (χ0) is 24.8. The van der Waals surface area contributed by atoms with Crippen molar-refractivity contribution in [2.45, 2.75) is 39.2 Å². The molecule has 1 heterocycles. The Hall–Kier alpha value is -2.64. The highest BCUT2D eigenvalue weighted by atomic mass is 79.9. The Morgan fingerprint density at radius 3 is 2.56 bits per heavy atom. The van der Waals surface area contributed by atoms with Crippen molar-refractivity contribution in [1.29, 1.82) is 0 Å². The fraction of sp³-hybridized carbons (Fsp3) is 0.407. The van der Waals surface area contributed by atoms with Crippen LogP contribution in [0.4, 0.5) is 0 Å². The van der Waals surface area contributed by atoms with E-state index in [1.807, 2.05) is 51.4 Å². The number of hydrogen-bond acceptors (Lipinski definition) is 4. The maximum atomic E-state index is 13.7. The lowest BCUT2D eigenvalue weighted by Gasteiger charge is -2.28. The molecule has 34 heavy (non-hydrogen) atoms. The Kier molecular flexibility index (Phi) is 8.91. The topological polar surface area (TPSA) is 74.1 Å². The lowest BCUT2D eigenvalue weighted by atomic mass is 9.94. The van der Waals surface area contributed by atoms with E-state index in [4.69, 9.17) is 4.74 Å². The first kappa shape index (κ1) is 26.0. The van der Waals surface area contributed by atoms with E-state index in [1.165, 1.54) is 4.90 Å². The van der Waals surface area contributed by atoms with Crippen molar-refractivity contribution in [3.63, 3.8) is 0 Å². The molecule has 0 aromatic heterocycles. The summed E-state index contributed by atoms with van der Waals surface area (Å²) in [6.07, 6.45) is 2.72.